The minimum Gasteiger partial charge on any atom is -0.493 e. The van der Waals surface area contributed by atoms with Crippen molar-refractivity contribution in [1.29, 1.82) is 0 Å². The summed E-state index contributed by atoms with van der Waals surface area (Å²) in [5.41, 5.74) is 7.46. The molecule has 4 nitrogen and oxygen atoms in total. The van der Waals surface area contributed by atoms with Crippen molar-refractivity contribution >= 4 is 15.9 Å². The van der Waals surface area contributed by atoms with Crippen LogP contribution < -0.4 is 15.2 Å². The quantitative estimate of drug-likeness (QED) is 0.926. The Hall–Kier alpha value is -0.780. The van der Waals surface area contributed by atoms with Gasteiger partial charge in [0.2, 0.25) is 0 Å². The molecule has 2 rings (SSSR count). The van der Waals surface area contributed by atoms with Crippen LogP contribution in [0.4, 0.5) is 0 Å². The van der Waals surface area contributed by atoms with Crippen LogP contribution in [0.15, 0.2) is 16.6 Å². The van der Waals surface area contributed by atoms with Gasteiger partial charge in [-0.05, 0) is 44.1 Å². The molecule has 5 heteroatoms. The van der Waals surface area contributed by atoms with Gasteiger partial charge in [-0.25, -0.2) is 0 Å². The zero-order chi connectivity index (χ0) is 14.0. The molecule has 1 aliphatic rings. The molecule has 0 saturated carbocycles. The molecule has 2 N–H and O–H groups in total. The molecule has 1 fully saturated rings. The molecule has 0 aliphatic carbocycles. The molecule has 19 heavy (non-hydrogen) atoms. The van der Waals surface area contributed by atoms with Gasteiger partial charge < -0.3 is 15.2 Å². The third kappa shape index (κ3) is 2.88. The first kappa shape index (κ1) is 14.6. The fraction of sp³-hybridized carbons (Fsp3) is 0.571. The number of halogens is 1. The van der Waals surface area contributed by atoms with E-state index in [1.165, 1.54) is 0 Å². The Kier molecular flexibility index (Phi) is 4.71. The molecular weight excluding hydrogens is 308 g/mol. The lowest BCUT2D eigenvalue weighted by atomic mass is 9.91. The van der Waals surface area contributed by atoms with E-state index in [4.69, 9.17) is 15.2 Å². The van der Waals surface area contributed by atoms with Crippen molar-refractivity contribution < 1.29 is 9.47 Å². The molecule has 0 aromatic heterocycles. The molecule has 0 amide bonds. The van der Waals surface area contributed by atoms with Crippen molar-refractivity contribution in [3.05, 3.63) is 22.2 Å². The zero-order valence-electron chi connectivity index (χ0n) is 11.6. The summed E-state index contributed by atoms with van der Waals surface area (Å²) in [5, 5.41) is 0. The average Bonchev–Trinajstić information content (AvgIpc) is 2.39. The fourth-order valence-corrected chi connectivity index (χ4v) is 3.32. The number of ether oxygens (including phenoxy) is 2. The number of piperidine rings is 1. The van der Waals surface area contributed by atoms with Crippen LogP contribution in [0.1, 0.15) is 24.4 Å². The normalized spacial score (nSPS) is 24.3. The van der Waals surface area contributed by atoms with E-state index in [1.807, 2.05) is 12.1 Å². The molecule has 1 aromatic rings. The van der Waals surface area contributed by atoms with Crippen molar-refractivity contribution in [2.75, 3.05) is 27.8 Å². The molecule has 0 spiro atoms. The Bertz CT molecular complexity index is 443. The van der Waals surface area contributed by atoms with E-state index in [0.29, 0.717) is 0 Å². The topological polar surface area (TPSA) is 47.7 Å². The number of benzene rings is 1. The molecule has 2 unspecified atom stereocenters. The standard InChI is InChI=1S/C14H21BrN2O2/c1-17-6-4-5-11(16)14(17)9-7-12(18-2)13(19-3)8-10(9)15/h7-8,11,14H,4-6,16H2,1-3H3. The Morgan fingerprint density at radius 2 is 1.89 bits per heavy atom. The highest BCUT2D eigenvalue weighted by Crippen LogP contribution is 2.40. The van der Waals surface area contributed by atoms with Crippen molar-refractivity contribution in [3.63, 3.8) is 0 Å². The smallest absolute Gasteiger partial charge is 0.161 e. The van der Waals surface area contributed by atoms with Crippen LogP contribution in [-0.4, -0.2) is 38.8 Å². The number of methoxy groups -OCH3 is 2. The lowest BCUT2D eigenvalue weighted by Gasteiger charge is -2.38. The average molecular weight is 329 g/mol. The van der Waals surface area contributed by atoms with Gasteiger partial charge in [0, 0.05) is 10.5 Å². The Morgan fingerprint density at radius 3 is 2.47 bits per heavy atom. The number of likely N-dealkylation sites (tertiary alicyclic amines) is 1. The van der Waals surface area contributed by atoms with Crippen molar-refractivity contribution in [3.8, 4) is 11.5 Å². The van der Waals surface area contributed by atoms with Crippen LogP contribution in [0.2, 0.25) is 0 Å². The lowest BCUT2D eigenvalue weighted by molar-refractivity contribution is 0.162. The van der Waals surface area contributed by atoms with E-state index in [0.717, 1.165) is 40.9 Å². The monoisotopic (exact) mass is 328 g/mol. The predicted molar refractivity (Wildman–Crippen MR) is 79.8 cm³/mol. The molecule has 0 radical (unpaired) electrons. The van der Waals surface area contributed by atoms with E-state index < -0.39 is 0 Å². The number of hydrogen-bond donors (Lipinski definition) is 1. The van der Waals surface area contributed by atoms with Crippen molar-refractivity contribution in [2.24, 2.45) is 5.73 Å². The molecule has 1 saturated heterocycles. The zero-order valence-corrected chi connectivity index (χ0v) is 13.2. The maximum atomic E-state index is 6.30. The van der Waals surface area contributed by atoms with Gasteiger partial charge >= 0.3 is 0 Å². The second kappa shape index (κ2) is 6.11. The third-order valence-corrected chi connectivity index (χ3v) is 4.44. The summed E-state index contributed by atoms with van der Waals surface area (Å²) < 4.78 is 11.7. The Balaban J connectivity index is 2.43. The van der Waals surface area contributed by atoms with Gasteiger partial charge in [0.15, 0.2) is 11.5 Å². The Morgan fingerprint density at radius 1 is 1.26 bits per heavy atom. The van der Waals surface area contributed by atoms with Gasteiger partial charge in [0.05, 0.1) is 20.3 Å². The van der Waals surface area contributed by atoms with Crippen LogP contribution in [0.3, 0.4) is 0 Å². The van der Waals surface area contributed by atoms with Crippen LogP contribution in [0, 0.1) is 0 Å². The van der Waals surface area contributed by atoms with E-state index in [-0.39, 0.29) is 12.1 Å². The number of nitrogens with two attached hydrogens (primary N) is 1. The molecular formula is C14H21BrN2O2. The molecule has 106 valence electrons. The highest BCUT2D eigenvalue weighted by atomic mass is 79.9. The van der Waals surface area contributed by atoms with E-state index in [9.17, 15) is 0 Å². The summed E-state index contributed by atoms with van der Waals surface area (Å²) in [5.74, 6) is 1.47. The number of likely N-dealkylation sites (N-methyl/N-ethyl adjacent to an activating group) is 1. The summed E-state index contributed by atoms with van der Waals surface area (Å²) >= 11 is 3.62. The summed E-state index contributed by atoms with van der Waals surface area (Å²) in [4.78, 5) is 2.31. The third-order valence-electron chi connectivity index (χ3n) is 3.75. The van der Waals surface area contributed by atoms with Crippen LogP contribution in [0.25, 0.3) is 0 Å². The van der Waals surface area contributed by atoms with Crippen molar-refractivity contribution in [2.45, 2.75) is 24.9 Å². The first-order valence-corrected chi connectivity index (χ1v) is 7.25. The molecule has 1 heterocycles. The largest absolute Gasteiger partial charge is 0.493 e. The lowest BCUT2D eigenvalue weighted by Crippen LogP contribution is -2.44. The second-order valence-electron chi connectivity index (χ2n) is 4.96. The van der Waals surface area contributed by atoms with Gasteiger partial charge in [0.25, 0.3) is 0 Å². The highest BCUT2D eigenvalue weighted by Gasteiger charge is 2.30. The van der Waals surface area contributed by atoms with E-state index in [2.05, 4.69) is 27.9 Å². The summed E-state index contributed by atoms with van der Waals surface area (Å²) in [6.07, 6.45) is 2.20. The predicted octanol–water partition coefficient (Wildman–Crippen LogP) is 2.56. The number of rotatable bonds is 3. The van der Waals surface area contributed by atoms with Crippen LogP contribution >= 0.6 is 15.9 Å². The summed E-state index contributed by atoms with van der Waals surface area (Å²) in [7, 11) is 5.41. The van der Waals surface area contributed by atoms with Crippen LogP contribution in [0.5, 0.6) is 11.5 Å². The second-order valence-corrected chi connectivity index (χ2v) is 5.81. The number of nitrogens with zero attached hydrogens (tertiary/aromatic N) is 1. The highest BCUT2D eigenvalue weighted by molar-refractivity contribution is 9.10. The minimum absolute atomic E-state index is 0.146. The molecule has 1 aliphatic heterocycles. The maximum Gasteiger partial charge on any atom is 0.161 e. The SMILES string of the molecule is COc1cc(Br)c(C2C(N)CCCN2C)cc1OC. The minimum atomic E-state index is 0.146. The van der Waals surface area contributed by atoms with Gasteiger partial charge in [-0.1, -0.05) is 15.9 Å². The summed E-state index contributed by atoms with van der Waals surface area (Å²) in [6.45, 7) is 1.07. The van der Waals surface area contributed by atoms with Crippen molar-refractivity contribution in [1.82, 2.24) is 4.90 Å². The van der Waals surface area contributed by atoms with E-state index >= 15 is 0 Å². The first-order chi connectivity index (χ1) is 9.08. The first-order valence-electron chi connectivity index (χ1n) is 6.45. The van der Waals surface area contributed by atoms with Gasteiger partial charge in [-0.3, -0.25) is 4.90 Å². The molecule has 0 bridgehead atoms. The number of hydrogen-bond acceptors (Lipinski definition) is 4. The van der Waals surface area contributed by atoms with Gasteiger partial charge in [-0.2, -0.15) is 0 Å². The maximum absolute atomic E-state index is 6.30. The van der Waals surface area contributed by atoms with E-state index in [1.54, 1.807) is 14.2 Å². The van der Waals surface area contributed by atoms with Crippen LogP contribution in [-0.2, 0) is 0 Å². The summed E-state index contributed by atoms with van der Waals surface area (Å²) in [6, 6.07) is 4.33. The van der Waals surface area contributed by atoms with Gasteiger partial charge in [-0.15, -0.1) is 0 Å². The van der Waals surface area contributed by atoms with Gasteiger partial charge in [0.1, 0.15) is 0 Å². The Labute approximate surface area is 123 Å². The molecule has 2 atom stereocenters. The molecule has 1 aromatic carbocycles. The fourth-order valence-electron chi connectivity index (χ4n) is 2.76.